The van der Waals surface area contributed by atoms with Crippen molar-refractivity contribution in [1.29, 1.82) is 0 Å². The van der Waals surface area contributed by atoms with Crippen LogP contribution in [0, 0.1) is 16.7 Å². The average Bonchev–Trinajstić information content (AvgIpc) is 2.34. The van der Waals surface area contributed by atoms with Crippen LogP contribution in [0.1, 0.15) is 85.5 Å². The van der Waals surface area contributed by atoms with Gasteiger partial charge in [-0.15, -0.1) is 11.6 Å². The molecule has 0 nitrogen and oxygen atoms in total. The lowest BCUT2D eigenvalue weighted by molar-refractivity contribution is 0.135. The van der Waals surface area contributed by atoms with E-state index in [1.165, 1.54) is 57.8 Å². The number of alkyl halides is 1. The fraction of sp³-hybridized carbons (Fsp3) is 1.00. The summed E-state index contributed by atoms with van der Waals surface area (Å²) in [6.45, 7) is 9.35. The molecule has 0 N–H and O–H groups in total. The van der Waals surface area contributed by atoms with Crippen molar-refractivity contribution in [2.45, 2.75) is 85.5 Å². The summed E-state index contributed by atoms with van der Waals surface area (Å²) in [4.78, 5) is 0. The Morgan fingerprint density at radius 2 is 1.78 bits per heavy atom. The predicted molar refractivity (Wildman–Crippen MR) is 83.3 cm³/mol. The molecule has 0 radical (unpaired) electrons. The molecule has 1 heteroatoms. The van der Waals surface area contributed by atoms with Crippen LogP contribution in [-0.2, 0) is 0 Å². The van der Waals surface area contributed by atoms with E-state index in [-0.39, 0.29) is 0 Å². The Balaban J connectivity index is 2.39. The zero-order valence-electron chi connectivity index (χ0n) is 13.0. The summed E-state index contributed by atoms with van der Waals surface area (Å²) in [6.07, 6.45) is 12.5. The van der Waals surface area contributed by atoms with Crippen LogP contribution in [0.2, 0.25) is 0 Å². The second-order valence-corrected chi connectivity index (χ2v) is 8.05. The van der Waals surface area contributed by atoms with Gasteiger partial charge in [0.2, 0.25) is 0 Å². The summed E-state index contributed by atoms with van der Waals surface area (Å²) < 4.78 is 0. The maximum Gasteiger partial charge on any atom is 0.0280 e. The van der Waals surface area contributed by atoms with E-state index in [4.69, 9.17) is 11.6 Å². The van der Waals surface area contributed by atoms with Gasteiger partial charge in [0, 0.05) is 5.88 Å². The maximum atomic E-state index is 6.32. The van der Waals surface area contributed by atoms with Crippen LogP contribution < -0.4 is 0 Å². The van der Waals surface area contributed by atoms with Crippen LogP contribution in [0.15, 0.2) is 0 Å². The van der Waals surface area contributed by atoms with E-state index >= 15 is 0 Å². The van der Waals surface area contributed by atoms with Gasteiger partial charge in [0.1, 0.15) is 0 Å². The first-order valence-electron chi connectivity index (χ1n) is 7.97. The summed E-state index contributed by atoms with van der Waals surface area (Å²) in [6, 6.07) is 0. The monoisotopic (exact) mass is 272 g/mol. The molecule has 1 aliphatic carbocycles. The molecule has 0 unspecified atom stereocenters. The first-order valence-corrected chi connectivity index (χ1v) is 8.50. The molecule has 0 aromatic rings. The Labute approximate surface area is 120 Å². The van der Waals surface area contributed by atoms with Crippen LogP contribution >= 0.6 is 11.6 Å². The number of rotatable bonds is 6. The maximum absolute atomic E-state index is 6.32. The summed E-state index contributed by atoms with van der Waals surface area (Å²) in [5.74, 6) is 1.87. The minimum atomic E-state index is 0.456. The molecule has 0 atom stereocenters. The van der Waals surface area contributed by atoms with Gasteiger partial charge in [0.15, 0.2) is 0 Å². The number of hydrogen-bond donors (Lipinski definition) is 0. The minimum absolute atomic E-state index is 0.456. The highest BCUT2D eigenvalue weighted by atomic mass is 35.5. The predicted octanol–water partition coefficient (Wildman–Crippen LogP) is 6.42. The largest absolute Gasteiger partial charge is 0.126 e. The number of halogens is 1. The van der Waals surface area contributed by atoms with E-state index in [1.54, 1.807) is 0 Å². The molecule has 0 heterocycles. The Bertz CT molecular complexity index is 218. The third-order valence-corrected chi connectivity index (χ3v) is 5.39. The van der Waals surface area contributed by atoms with Gasteiger partial charge >= 0.3 is 0 Å². The number of hydrogen-bond acceptors (Lipinski definition) is 0. The van der Waals surface area contributed by atoms with Crippen molar-refractivity contribution >= 4 is 11.6 Å². The van der Waals surface area contributed by atoms with E-state index in [0.717, 1.165) is 11.8 Å². The van der Waals surface area contributed by atoms with Gasteiger partial charge in [-0.3, -0.25) is 0 Å². The zero-order chi connectivity index (χ0) is 13.6. The molecule has 1 rings (SSSR count). The van der Waals surface area contributed by atoms with Crippen molar-refractivity contribution in [1.82, 2.24) is 0 Å². The van der Waals surface area contributed by atoms with Crippen LogP contribution in [0.25, 0.3) is 0 Å². The molecule has 0 amide bonds. The van der Waals surface area contributed by atoms with Gasteiger partial charge in [0.05, 0.1) is 0 Å². The smallest absolute Gasteiger partial charge is 0.0280 e. The molecule has 1 saturated carbocycles. The van der Waals surface area contributed by atoms with E-state index in [1.807, 2.05) is 0 Å². The third-order valence-electron chi connectivity index (χ3n) is 4.82. The molecule has 0 aromatic heterocycles. The molecule has 1 fully saturated rings. The van der Waals surface area contributed by atoms with E-state index in [0.29, 0.717) is 10.8 Å². The molecule has 18 heavy (non-hydrogen) atoms. The lowest BCUT2D eigenvalue weighted by atomic mass is 9.67. The Hall–Kier alpha value is 0.290. The van der Waals surface area contributed by atoms with Crippen LogP contribution in [-0.4, -0.2) is 5.88 Å². The Morgan fingerprint density at radius 1 is 1.17 bits per heavy atom. The average molecular weight is 273 g/mol. The van der Waals surface area contributed by atoms with Crippen LogP contribution in [0.3, 0.4) is 0 Å². The normalized spacial score (nSPS) is 29.5. The molecular formula is C17H33Cl. The highest BCUT2D eigenvalue weighted by Gasteiger charge is 2.34. The molecular weight excluding hydrogens is 240 g/mol. The summed E-state index contributed by atoms with van der Waals surface area (Å²) in [5, 5.41) is 0. The zero-order valence-corrected chi connectivity index (χ0v) is 13.8. The highest BCUT2D eigenvalue weighted by molar-refractivity contribution is 6.18. The van der Waals surface area contributed by atoms with Gasteiger partial charge in [-0.05, 0) is 55.3 Å². The van der Waals surface area contributed by atoms with E-state index in [2.05, 4.69) is 27.7 Å². The van der Waals surface area contributed by atoms with Crippen molar-refractivity contribution in [2.75, 3.05) is 5.88 Å². The van der Waals surface area contributed by atoms with Gasteiger partial charge in [-0.1, -0.05) is 47.0 Å². The van der Waals surface area contributed by atoms with Gasteiger partial charge in [-0.25, -0.2) is 0 Å². The molecule has 0 spiro atoms. The molecule has 0 bridgehead atoms. The summed E-state index contributed by atoms with van der Waals surface area (Å²) in [7, 11) is 0. The van der Waals surface area contributed by atoms with Gasteiger partial charge in [0.25, 0.3) is 0 Å². The first kappa shape index (κ1) is 16.3. The second kappa shape index (κ2) is 7.17. The molecule has 0 saturated heterocycles. The fourth-order valence-electron chi connectivity index (χ4n) is 3.16. The van der Waals surface area contributed by atoms with E-state index < -0.39 is 0 Å². The summed E-state index contributed by atoms with van der Waals surface area (Å²) in [5.41, 5.74) is 0.926. The fourth-order valence-corrected chi connectivity index (χ4v) is 3.56. The summed E-state index contributed by atoms with van der Waals surface area (Å²) >= 11 is 6.32. The lowest BCUT2D eigenvalue weighted by Crippen LogP contribution is -2.30. The lowest BCUT2D eigenvalue weighted by Gasteiger charge is -2.40. The Kier molecular flexibility index (Phi) is 6.51. The minimum Gasteiger partial charge on any atom is -0.126 e. The Morgan fingerprint density at radius 3 is 2.22 bits per heavy atom. The van der Waals surface area contributed by atoms with Gasteiger partial charge < -0.3 is 0 Å². The topological polar surface area (TPSA) is 0 Å². The second-order valence-electron chi connectivity index (χ2n) is 7.78. The standard InChI is InChI=1S/C17H33Cl/c1-5-6-7-15-8-10-17(14-18,11-9-15)13-12-16(2,3)4/h15H,5-14H2,1-4H3. The van der Waals surface area contributed by atoms with Crippen LogP contribution in [0.4, 0.5) is 0 Å². The van der Waals surface area contributed by atoms with Crippen molar-refractivity contribution in [3.8, 4) is 0 Å². The van der Waals surface area contributed by atoms with Crippen molar-refractivity contribution in [3.05, 3.63) is 0 Å². The molecule has 108 valence electrons. The van der Waals surface area contributed by atoms with E-state index in [9.17, 15) is 0 Å². The van der Waals surface area contributed by atoms with Crippen molar-refractivity contribution in [2.24, 2.45) is 16.7 Å². The van der Waals surface area contributed by atoms with Crippen molar-refractivity contribution < 1.29 is 0 Å². The first-order chi connectivity index (χ1) is 8.41. The number of unbranched alkanes of at least 4 members (excludes halogenated alkanes) is 1. The molecule has 0 aromatic carbocycles. The molecule has 1 aliphatic rings. The third kappa shape index (κ3) is 5.51. The quantitative estimate of drug-likeness (QED) is 0.490. The highest BCUT2D eigenvalue weighted by Crippen LogP contribution is 2.46. The van der Waals surface area contributed by atoms with Crippen molar-refractivity contribution in [3.63, 3.8) is 0 Å². The van der Waals surface area contributed by atoms with Gasteiger partial charge in [-0.2, -0.15) is 0 Å². The van der Waals surface area contributed by atoms with Crippen LogP contribution in [0.5, 0.6) is 0 Å². The SMILES string of the molecule is CCCCC1CCC(CCl)(CCC(C)(C)C)CC1. The molecule has 0 aliphatic heterocycles.